The van der Waals surface area contributed by atoms with E-state index in [1.54, 1.807) is 0 Å². The summed E-state index contributed by atoms with van der Waals surface area (Å²) in [6, 6.07) is 0.429. The monoisotopic (exact) mass is 259 g/mol. The van der Waals surface area contributed by atoms with Crippen molar-refractivity contribution in [3.8, 4) is 0 Å². The number of unbranched alkanes of at least 4 members (excludes halogenated alkanes) is 2. The lowest BCUT2D eigenvalue weighted by Crippen LogP contribution is -2.36. The van der Waals surface area contributed by atoms with Crippen molar-refractivity contribution in [3.05, 3.63) is 0 Å². The zero-order chi connectivity index (χ0) is 12.9. The van der Waals surface area contributed by atoms with Gasteiger partial charge in [0.15, 0.2) is 0 Å². The Morgan fingerprint density at radius 3 is 2.24 bits per heavy atom. The van der Waals surface area contributed by atoms with Crippen LogP contribution in [0.3, 0.4) is 0 Å². The van der Waals surface area contributed by atoms with Gasteiger partial charge in [0.05, 0.1) is 0 Å². The van der Waals surface area contributed by atoms with E-state index in [-0.39, 0.29) is 6.42 Å². The Morgan fingerprint density at radius 1 is 1.00 bits per heavy atom. The maximum absolute atomic E-state index is 12.5. The number of rotatable bonds is 6. The van der Waals surface area contributed by atoms with Crippen LogP contribution in [-0.4, -0.2) is 24.7 Å². The van der Waals surface area contributed by atoms with Gasteiger partial charge >= 0.3 is 12.1 Å². The van der Waals surface area contributed by atoms with Gasteiger partial charge in [0.2, 0.25) is 0 Å². The summed E-state index contributed by atoms with van der Waals surface area (Å²) in [7, 11) is 0. The molecule has 102 valence electrons. The standard InChI is InChI=1S/C11H18F5N/c12-10(13,11(14,15)16)7-3-1-2-5-9-6-4-8-17-9/h9,17H,1-8H2/t9-/m1/s1. The molecule has 1 aliphatic heterocycles. The highest BCUT2D eigenvalue weighted by molar-refractivity contribution is 4.76. The van der Waals surface area contributed by atoms with Crippen LogP contribution in [0, 0.1) is 0 Å². The Hall–Kier alpha value is -0.390. The zero-order valence-corrected chi connectivity index (χ0v) is 9.62. The molecule has 1 aliphatic rings. The predicted octanol–water partition coefficient (Wildman–Crippen LogP) is 3.89. The minimum absolute atomic E-state index is 0.0702. The minimum atomic E-state index is -5.40. The van der Waals surface area contributed by atoms with E-state index in [0.29, 0.717) is 18.9 Å². The first-order valence-electron chi connectivity index (χ1n) is 6.01. The van der Waals surface area contributed by atoms with Crippen LogP contribution in [-0.2, 0) is 0 Å². The van der Waals surface area contributed by atoms with Gasteiger partial charge in [0, 0.05) is 12.5 Å². The molecule has 1 fully saturated rings. The van der Waals surface area contributed by atoms with E-state index < -0.39 is 18.5 Å². The molecule has 0 aromatic carbocycles. The quantitative estimate of drug-likeness (QED) is 0.563. The van der Waals surface area contributed by atoms with E-state index in [0.717, 1.165) is 25.8 Å². The topological polar surface area (TPSA) is 12.0 Å². The molecule has 0 aliphatic carbocycles. The lowest BCUT2D eigenvalue weighted by molar-refractivity contribution is -0.284. The fraction of sp³-hybridized carbons (Fsp3) is 1.00. The fourth-order valence-corrected chi connectivity index (χ4v) is 2.06. The molecule has 0 spiro atoms. The van der Waals surface area contributed by atoms with Crippen molar-refractivity contribution in [2.45, 2.75) is 63.1 Å². The van der Waals surface area contributed by atoms with Gasteiger partial charge in [-0.15, -0.1) is 0 Å². The van der Waals surface area contributed by atoms with Gasteiger partial charge < -0.3 is 5.32 Å². The summed E-state index contributed by atoms with van der Waals surface area (Å²) in [4.78, 5) is 0. The van der Waals surface area contributed by atoms with Crippen LogP contribution in [0.4, 0.5) is 22.0 Å². The third-order valence-corrected chi connectivity index (χ3v) is 3.12. The smallest absolute Gasteiger partial charge is 0.314 e. The maximum Gasteiger partial charge on any atom is 0.453 e. The third kappa shape index (κ3) is 4.77. The summed E-state index contributed by atoms with van der Waals surface area (Å²) in [5.74, 6) is -4.53. The predicted molar refractivity (Wildman–Crippen MR) is 55.1 cm³/mol. The molecule has 0 unspecified atom stereocenters. The van der Waals surface area contributed by atoms with Crippen LogP contribution in [0.5, 0.6) is 0 Å². The molecule has 1 nitrogen and oxygen atoms in total. The highest BCUT2D eigenvalue weighted by Crippen LogP contribution is 2.39. The number of halogens is 5. The number of nitrogens with one attached hydrogen (secondary N) is 1. The Morgan fingerprint density at radius 2 is 1.71 bits per heavy atom. The summed E-state index contributed by atoms with van der Waals surface area (Å²) < 4.78 is 60.5. The van der Waals surface area contributed by atoms with E-state index in [1.165, 1.54) is 0 Å². The van der Waals surface area contributed by atoms with Crippen LogP contribution < -0.4 is 5.32 Å². The van der Waals surface area contributed by atoms with Crippen molar-refractivity contribution in [2.75, 3.05) is 6.54 Å². The van der Waals surface area contributed by atoms with Gasteiger partial charge in [-0.25, -0.2) is 0 Å². The highest BCUT2D eigenvalue weighted by Gasteiger charge is 2.56. The summed E-state index contributed by atoms with van der Waals surface area (Å²) in [5.41, 5.74) is 0. The minimum Gasteiger partial charge on any atom is -0.314 e. The first-order valence-corrected chi connectivity index (χ1v) is 6.01. The van der Waals surface area contributed by atoms with E-state index in [2.05, 4.69) is 5.32 Å². The van der Waals surface area contributed by atoms with Crippen molar-refractivity contribution < 1.29 is 22.0 Å². The maximum atomic E-state index is 12.5. The van der Waals surface area contributed by atoms with Crippen molar-refractivity contribution in [2.24, 2.45) is 0 Å². The van der Waals surface area contributed by atoms with Gasteiger partial charge in [0.1, 0.15) is 0 Å². The van der Waals surface area contributed by atoms with E-state index in [4.69, 9.17) is 0 Å². The van der Waals surface area contributed by atoms with E-state index in [9.17, 15) is 22.0 Å². The van der Waals surface area contributed by atoms with Crippen LogP contribution in [0.15, 0.2) is 0 Å². The molecule has 0 saturated carbocycles. The summed E-state index contributed by atoms with van der Waals surface area (Å²) in [5, 5.41) is 3.26. The highest BCUT2D eigenvalue weighted by atomic mass is 19.4. The molecule has 0 radical (unpaired) electrons. The van der Waals surface area contributed by atoms with E-state index in [1.807, 2.05) is 0 Å². The van der Waals surface area contributed by atoms with E-state index >= 15 is 0 Å². The van der Waals surface area contributed by atoms with Crippen molar-refractivity contribution in [3.63, 3.8) is 0 Å². The Kier molecular flexibility index (Phi) is 5.16. The van der Waals surface area contributed by atoms with Gasteiger partial charge in [0.25, 0.3) is 0 Å². The van der Waals surface area contributed by atoms with Crippen molar-refractivity contribution in [1.82, 2.24) is 5.32 Å². The molecular formula is C11H18F5N. The largest absolute Gasteiger partial charge is 0.453 e. The molecule has 0 amide bonds. The summed E-state index contributed by atoms with van der Waals surface area (Å²) in [6.07, 6.45) is -2.34. The number of alkyl halides is 5. The van der Waals surface area contributed by atoms with Crippen molar-refractivity contribution in [1.29, 1.82) is 0 Å². The van der Waals surface area contributed by atoms with Gasteiger partial charge in [-0.2, -0.15) is 22.0 Å². The molecule has 1 saturated heterocycles. The first kappa shape index (κ1) is 14.7. The average molecular weight is 259 g/mol. The van der Waals surface area contributed by atoms with Gasteiger partial charge in [-0.05, 0) is 32.2 Å². The molecule has 17 heavy (non-hydrogen) atoms. The number of hydrogen-bond donors (Lipinski definition) is 1. The van der Waals surface area contributed by atoms with Crippen molar-refractivity contribution >= 4 is 0 Å². The van der Waals surface area contributed by atoms with Gasteiger partial charge in [-0.3, -0.25) is 0 Å². The molecular weight excluding hydrogens is 241 g/mol. The molecule has 1 heterocycles. The third-order valence-electron chi connectivity index (χ3n) is 3.12. The fourth-order valence-electron chi connectivity index (χ4n) is 2.06. The molecule has 6 heteroatoms. The SMILES string of the molecule is FC(F)(F)C(F)(F)CCCCC[C@@H]1CCCN1. The summed E-state index contributed by atoms with van der Waals surface area (Å²) >= 11 is 0. The van der Waals surface area contributed by atoms with Crippen LogP contribution in [0.25, 0.3) is 0 Å². The Bertz CT molecular complexity index is 220. The lowest BCUT2D eigenvalue weighted by Gasteiger charge is -2.19. The van der Waals surface area contributed by atoms with Crippen LogP contribution in [0.1, 0.15) is 44.9 Å². The first-order chi connectivity index (χ1) is 7.83. The van der Waals surface area contributed by atoms with Crippen LogP contribution >= 0.6 is 0 Å². The lowest BCUT2D eigenvalue weighted by atomic mass is 10.0. The molecule has 0 aromatic rings. The second-order valence-electron chi connectivity index (χ2n) is 4.59. The summed E-state index contributed by atoms with van der Waals surface area (Å²) in [6.45, 7) is 0.983. The molecule has 0 bridgehead atoms. The molecule has 1 rings (SSSR count). The second kappa shape index (κ2) is 5.98. The van der Waals surface area contributed by atoms with Gasteiger partial charge in [-0.1, -0.05) is 12.8 Å². The Labute approximate surface area is 97.8 Å². The zero-order valence-electron chi connectivity index (χ0n) is 9.62. The van der Waals surface area contributed by atoms with Crippen LogP contribution in [0.2, 0.25) is 0 Å². The second-order valence-corrected chi connectivity index (χ2v) is 4.59. The molecule has 0 aromatic heterocycles. The molecule has 1 N–H and O–H groups in total. The average Bonchev–Trinajstić information content (AvgIpc) is 2.68. The molecule has 1 atom stereocenters. The Balaban J connectivity index is 2.07. The number of hydrogen-bond acceptors (Lipinski definition) is 1. The normalized spacial score (nSPS) is 22.1.